The fraction of sp³-hybridized carbons (Fsp3) is 0.417. The molecule has 1 atom stereocenters. The number of rotatable bonds is 2. The molecule has 0 spiro atoms. The van der Waals surface area contributed by atoms with Gasteiger partial charge in [-0.2, -0.15) is 13.2 Å². The van der Waals surface area contributed by atoms with Crippen LogP contribution in [0.5, 0.6) is 0 Å². The zero-order valence-corrected chi connectivity index (χ0v) is 9.57. The van der Waals surface area contributed by atoms with Crippen molar-refractivity contribution in [2.24, 2.45) is 0 Å². The van der Waals surface area contributed by atoms with Gasteiger partial charge in [0.2, 0.25) is 6.41 Å². The summed E-state index contributed by atoms with van der Waals surface area (Å²) in [6.45, 7) is 1.83. The van der Waals surface area contributed by atoms with Crippen LogP contribution in [0.15, 0.2) is 24.3 Å². The second-order valence-electron chi connectivity index (χ2n) is 4.18. The van der Waals surface area contributed by atoms with Gasteiger partial charge in [0.05, 0.1) is 11.6 Å². The van der Waals surface area contributed by atoms with Gasteiger partial charge in [-0.05, 0) is 17.7 Å². The second kappa shape index (κ2) is 4.97. The lowest BCUT2D eigenvalue weighted by Gasteiger charge is -2.33. The molecule has 1 saturated heterocycles. The molecule has 1 amide bonds. The molecule has 1 fully saturated rings. The van der Waals surface area contributed by atoms with E-state index >= 15 is 0 Å². The normalized spacial score (nSPS) is 20.8. The Morgan fingerprint density at radius 3 is 2.50 bits per heavy atom. The molecular weight excluding hydrogens is 245 g/mol. The van der Waals surface area contributed by atoms with E-state index in [-0.39, 0.29) is 6.04 Å². The Balaban J connectivity index is 2.20. The summed E-state index contributed by atoms with van der Waals surface area (Å²) in [5.74, 6) is 0. The van der Waals surface area contributed by atoms with E-state index in [1.807, 2.05) is 0 Å². The standard InChI is InChI=1S/C12H13F3N2O/c13-12(14,15)10-3-1-9(2-4-10)11-7-16-5-6-17(11)8-18/h1-4,8,11,16H,5-7H2. The van der Waals surface area contributed by atoms with Gasteiger partial charge >= 0.3 is 6.18 Å². The number of hydrogen-bond acceptors (Lipinski definition) is 2. The first-order valence-corrected chi connectivity index (χ1v) is 5.61. The first-order valence-electron chi connectivity index (χ1n) is 5.61. The topological polar surface area (TPSA) is 32.3 Å². The van der Waals surface area contributed by atoms with E-state index in [1.165, 1.54) is 12.1 Å². The molecule has 1 aliphatic heterocycles. The van der Waals surface area contributed by atoms with Crippen molar-refractivity contribution >= 4 is 6.41 Å². The van der Waals surface area contributed by atoms with Crippen LogP contribution >= 0.6 is 0 Å². The Morgan fingerprint density at radius 1 is 1.28 bits per heavy atom. The number of hydrogen-bond donors (Lipinski definition) is 1. The van der Waals surface area contributed by atoms with Gasteiger partial charge in [-0.15, -0.1) is 0 Å². The number of nitrogens with one attached hydrogen (secondary N) is 1. The Hall–Kier alpha value is -1.56. The Kier molecular flexibility index (Phi) is 3.56. The molecule has 1 aliphatic rings. The van der Waals surface area contributed by atoms with Crippen molar-refractivity contribution in [2.75, 3.05) is 19.6 Å². The summed E-state index contributed by atoms with van der Waals surface area (Å²) in [4.78, 5) is 12.5. The SMILES string of the molecule is O=CN1CCNCC1c1ccc(C(F)(F)F)cc1. The van der Waals surface area contributed by atoms with E-state index in [2.05, 4.69) is 5.32 Å². The molecule has 1 unspecified atom stereocenters. The number of carbonyl (C=O) groups excluding carboxylic acids is 1. The molecule has 18 heavy (non-hydrogen) atoms. The zero-order valence-electron chi connectivity index (χ0n) is 9.57. The Morgan fingerprint density at radius 2 is 1.94 bits per heavy atom. The molecule has 0 radical (unpaired) electrons. The van der Waals surface area contributed by atoms with Gasteiger partial charge in [-0.1, -0.05) is 12.1 Å². The third-order valence-corrected chi connectivity index (χ3v) is 3.04. The summed E-state index contributed by atoms with van der Waals surface area (Å²) in [6.07, 6.45) is -3.59. The van der Waals surface area contributed by atoms with Gasteiger partial charge in [-0.25, -0.2) is 0 Å². The number of amides is 1. The van der Waals surface area contributed by atoms with Crippen molar-refractivity contribution in [3.63, 3.8) is 0 Å². The molecule has 1 aromatic carbocycles. The molecule has 0 bridgehead atoms. The Bertz CT molecular complexity index is 416. The number of halogens is 3. The van der Waals surface area contributed by atoms with Gasteiger partial charge in [0.15, 0.2) is 0 Å². The molecule has 0 aliphatic carbocycles. The van der Waals surface area contributed by atoms with Crippen LogP contribution in [0.25, 0.3) is 0 Å². The van der Waals surface area contributed by atoms with Gasteiger partial charge in [0, 0.05) is 19.6 Å². The first kappa shape index (κ1) is 12.9. The minimum atomic E-state index is -4.33. The fourth-order valence-electron chi connectivity index (χ4n) is 2.05. The van der Waals surface area contributed by atoms with Crippen LogP contribution in [-0.4, -0.2) is 30.9 Å². The highest BCUT2D eigenvalue weighted by molar-refractivity contribution is 5.49. The van der Waals surface area contributed by atoms with E-state index in [9.17, 15) is 18.0 Å². The monoisotopic (exact) mass is 258 g/mol. The number of nitrogens with zero attached hydrogens (tertiary/aromatic N) is 1. The predicted molar refractivity (Wildman–Crippen MR) is 59.8 cm³/mol. The van der Waals surface area contributed by atoms with Crippen LogP contribution in [0, 0.1) is 0 Å². The van der Waals surface area contributed by atoms with Crippen LogP contribution in [0.3, 0.4) is 0 Å². The highest BCUT2D eigenvalue weighted by atomic mass is 19.4. The summed E-state index contributed by atoms with van der Waals surface area (Å²) in [6, 6.07) is 4.76. The lowest BCUT2D eigenvalue weighted by atomic mass is 10.0. The molecule has 0 aromatic heterocycles. The first-order chi connectivity index (χ1) is 8.52. The van der Waals surface area contributed by atoms with Crippen molar-refractivity contribution in [2.45, 2.75) is 12.2 Å². The minimum absolute atomic E-state index is 0.196. The van der Waals surface area contributed by atoms with Crippen LogP contribution in [0.4, 0.5) is 13.2 Å². The quantitative estimate of drug-likeness (QED) is 0.820. The zero-order chi connectivity index (χ0) is 13.2. The lowest BCUT2D eigenvalue weighted by molar-refractivity contribution is -0.137. The van der Waals surface area contributed by atoms with Crippen molar-refractivity contribution in [3.05, 3.63) is 35.4 Å². The van der Waals surface area contributed by atoms with Crippen LogP contribution < -0.4 is 5.32 Å². The van der Waals surface area contributed by atoms with Gasteiger partial charge in [0.1, 0.15) is 0 Å². The molecule has 1 N–H and O–H groups in total. The molecule has 3 nitrogen and oxygen atoms in total. The smallest absolute Gasteiger partial charge is 0.336 e. The third-order valence-electron chi connectivity index (χ3n) is 3.04. The molecule has 98 valence electrons. The highest BCUT2D eigenvalue weighted by Gasteiger charge is 2.30. The number of benzene rings is 1. The lowest BCUT2D eigenvalue weighted by Crippen LogP contribution is -2.45. The van der Waals surface area contributed by atoms with E-state index in [1.54, 1.807) is 4.90 Å². The average molecular weight is 258 g/mol. The summed E-state index contributed by atoms with van der Waals surface area (Å²) in [5.41, 5.74) is 0.0370. The summed E-state index contributed by atoms with van der Waals surface area (Å²) in [5, 5.41) is 3.12. The Labute approximate surface area is 103 Å². The number of piperazine rings is 1. The molecular formula is C12H13F3N2O. The van der Waals surface area contributed by atoms with Crippen LogP contribution in [0.2, 0.25) is 0 Å². The fourth-order valence-corrected chi connectivity index (χ4v) is 2.05. The van der Waals surface area contributed by atoms with E-state index in [0.29, 0.717) is 25.2 Å². The maximum atomic E-state index is 12.4. The van der Waals surface area contributed by atoms with Crippen LogP contribution in [0.1, 0.15) is 17.2 Å². The van der Waals surface area contributed by atoms with E-state index < -0.39 is 11.7 Å². The number of carbonyl (C=O) groups is 1. The predicted octanol–water partition coefficient (Wildman–Crippen LogP) is 1.81. The third kappa shape index (κ3) is 2.64. The summed E-state index contributed by atoms with van der Waals surface area (Å²) in [7, 11) is 0. The maximum absolute atomic E-state index is 12.4. The van der Waals surface area contributed by atoms with Crippen molar-refractivity contribution in [3.8, 4) is 0 Å². The van der Waals surface area contributed by atoms with Gasteiger partial charge in [0.25, 0.3) is 0 Å². The molecule has 1 aromatic rings. The van der Waals surface area contributed by atoms with Crippen LogP contribution in [-0.2, 0) is 11.0 Å². The van der Waals surface area contributed by atoms with Crippen molar-refractivity contribution in [1.29, 1.82) is 0 Å². The molecule has 1 heterocycles. The average Bonchev–Trinajstić information content (AvgIpc) is 2.38. The highest BCUT2D eigenvalue weighted by Crippen LogP contribution is 2.30. The molecule has 0 saturated carbocycles. The van der Waals surface area contributed by atoms with Gasteiger partial charge in [-0.3, -0.25) is 4.79 Å². The van der Waals surface area contributed by atoms with E-state index in [0.717, 1.165) is 18.5 Å². The van der Waals surface area contributed by atoms with Crippen molar-refractivity contribution in [1.82, 2.24) is 10.2 Å². The molecule has 2 rings (SSSR count). The molecule has 6 heteroatoms. The summed E-state index contributed by atoms with van der Waals surface area (Å²) >= 11 is 0. The van der Waals surface area contributed by atoms with E-state index in [4.69, 9.17) is 0 Å². The van der Waals surface area contributed by atoms with Crippen molar-refractivity contribution < 1.29 is 18.0 Å². The van der Waals surface area contributed by atoms with Gasteiger partial charge < -0.3 is 10.2 Å². The number of alkyl halides is 3. The largest absolute Gasteiger partial charge is 0.416 e. The minimum Gasteiger partial charge on any atom is -0.336 e. The summed E-state index contributed by atoms with van der Waals surface area (Å²) < 4.78 is 37.3. The maximum Gasteiger partial charge on any atom is 0.416 e. The second-order valence-corrected chi connectivity index (χ2v) is 4.18.